The molecule has 170 valence electrons. The van der Waals surface area contributed by atoms with Crippen LogP contribution in [0.2, 0.25) is 0 Å². The number of aromatic nitrogens is 1. The highest BCUT2D eigenvalue weighted by Gasteiger charge is 2.46. The van der Waals surface area contributed by atoms with E-state index in [1.54, 1.807) is 6.20 Å². The zero-order valence-electron chi connectivity index (χ0n) is 19.1. The first kappa shape index (κ1) is 21.7. The minimum atomic E-state index is -0.461. The predicted octanol–water partition coefficient (Wildman–Crippen LogP) is 5.53. The number of hydrogen-bond donors (Lipinski definition) is 0. The Balaban J connectivity index is 1.52. The molecule has 1 aromatic heterocycles. The molecule has 0 amide bonds. The van der Waals surface area contributed by atoms with Crippen molar-refractivity contribution in [2.45, 2.75) is 69.8 Å². The summed E-state index contributed by atoms with van der Waals surface area (Å²) >= 11 is 0. The van der Waals surface area contributed by atoms with E-state index in [9.17, 15) is 9.59 Å². The standard InChI is InChI=1S/C28H30N2O3/c1-18-25(28(32)33-21-12-6-3-7-13-21)27(22-14-8-9-15-29-22)26-23(30-18)16-20(17-24(26)31)19-10-4-2-5-11-19/h2,4-5,8-11,14-15,20-21,26-27H,3,6-7,12-13,16-17H2,1H3/t20-,26-,27+/m0/s1. The summed E-state index contributed by atoms with van der Waals surface area (Å²) in [5, 5.41) is 0. The molecule has 0 saturated heterocycles. The number of benzene rings is 1. The Kier molecular flexibility index (Phi) is 6.21. The highest BCUT2D eigenvalue weighted by atomic mass is 16.5. The van der Waals surface area contributed by atoms with E-state index in [0.717, 1.165) is 42.7 Å². The Hall–Kier alpha value is -3.08. The molecule has 2 saturated carbocycles. The van der Waals surface area contributed by atoms with Crippen LogP contribution in [0.3, 0.4) is 0 Å². The van der Waals surface area contributed by atoms with Crippen LogP contribution < -0.4 is 0 Å². The number of ether oxygens (including phenoxy) is 1. The van der Waals surface area contributed by atoms with Crippen LogP contribution in [0.5, 0.6) is 0 Å². The van der Waals surface area contributed by atoms with E-state index in [1.807, 2.05) is 43.3 Å². The molecule has 1 aliphatic heterocycles. The van der Waals surface area contributed by atoms with Gasteiger partial charge in [0.25, 0.3) is 0 Å². The molecule has 0 spiro atoms. The van der Waals surface area contributed by atoms with Gasteiger partial charge < -0.3 is 4.74 Å². The third-order valence-corrected chi connectivity index (χ3v) is 7.28. The highest BCUT2D eigenvalue weighted by molar-refractivity contribution is 6.12. The van der Waals surface area contributed by atoms with Gasteiger partial charge in [0, 0.05) is 29.7 Å². The van der Waals surface area contributed by atoms with Gasteiger partial charge in [0.2, 0.25) is 0 Å². The summed E-state index contributed by atoms with van der Waals surface area (Å²) in [6.45, 7) is 1.87. The zero-order chi connectivity index (χ0) is 22.8. The number of ketones is 1. The maximum atomic E-state index is 13.6. The third-order valence-electron chi connectivity index (χ3n) is 7.28. The van der Waals surface area contributed by atoms with Crippen molar-refractivity contribution in [1.29, 1.82) is 0 Å². The van der Waals surface area contributed by atoms with Gasteiger partial charge in [0.05, 0.1) is 17.4 Å². The second-order valence-corrected chi connectivity index (χ2v) is 9.46. The van der Waals surface area contributed by atoms with Gasteiger partial charge >= 0.3 is 5.97 Å². The number of carbonyl (C=O) groups excluding carboxylic acids is 2. The molecular formula is C28H30N2O3. The Morgan fingerprint density at radius 1 is 0.939 bits per heavy atom. The van der Waals surface area contributed by atoms with Crippen molar-refractivity contribution in [2.24, 2.45) is 10.9 Å². The minimum Gasteiger partial charge on any atom is -0.459 e. The van der Waals surface area contributed by atoms with Gasteiger partial charge in [-0.2, -0.15) is 0 Å². The monoisotopic (exact) mass is 442 g/mol. The number of nitrogens with zero attached hydrogens (tertiary/aromatic N) is 2. The van der Waals surface area contributed by atoms with Gasteiger partial charge in [-0.05, 0) is 62.6 Å². The van der Waals surface area contributed by atoms with Crippen molar-refractivity contribution in [3.63, 3.8) is 0 Å². The topological polar surface area (TPSA) is 68.6 Å². The summed E-state index contributed by atoms with van der Waals surface area (Å²) in [5.41, 5.74) is 3.91. The maximum Gasteiger partial charge on any atom is 0.336 e. The normalized spacial score (nSPS) is 25.9. The lowest BCUT2D eigenvalue weighted by Gasteiger charge is -2.38. The molecule has 5 rings (SSSR count). The summed E-state index contributed by atoms with van der Waals surface area (Å²) in [6.07, 6.45) is 8.01. The molecule has 0 bridgehead atoms. The van der Waals surface area contributed by atoms with Crippen molar-refractivity contribution in [1.82, 2.24) is 4.98 Å². The number of rotatable bonds is 4. The number of esters is 1. The number of carbonyl (C=O) groups is 2. The van der Waals surface area contributed by atoms with E-state index in [2.05, 4.69) is 17.1 Å². The molecule has 3 aliphatic rings. The highest BCUT2D eigenvalue weighted by Crippen LogP contribution is 2.45. The van der Waals surface area contributed by atoms with Gasteiger partial charge in [-0.1, -0.05) is 42.8 Å². The smallest absolute Gasteiger partial charge is 0.336 e. The summed E-state index contributed by atoms with van der Waals surface area (Å²) in [7, 11) is 0. The molecule has 2 aromatic rings. The molecule has 0 N–H and O–H groups in total. The van der Waals surface area contributed by atoms with Crippen molar-refractivity contribution in [3.05, 3.63) is 77.3 Å². The molecule has 5 heteroatoms. The molecular weight excluding hydrogens is 412 g/mol. The van der Waals surface area contributed by atoms with Gasteiger partial charge in [0.15, 0.2) is 0 Å². The minimum absolute atomic E-state index is 0.0502. The van der Waals surface area contributed by atoms with Crippen LogP contribution in [0.1, 0.15) is 75.0 Å². The Bertz CT molecular complexity index is 1080. The van der Waals surface area contributed by atoms with Crippen LogP contribution in [0, 0.1) is 5.92 Å². The first-order valence-electron chi connectivity index (χ1n) is 12.1. The first-order chi connectivity index (χ1) is 16.1. The Morgan fingerprint density at radius 3 is 2.42 bits per heavy atom. The quantitative estimate of drug-likeness (QED) is 0.584. The Morgan fingerprint density at radius 2 is 1.70 bits per heavy atom. The average Bonchev–Trinajstić information content (AvgIpc) is 2.84. The average molecular weight is 443 g/mol. The number of pyridine rings is 1. The summed E-state index contributed by atoms with van der Waals surface area (Å²) in [4.78, 5) is 36.4. The fourth-order valence-electron chi connectivity index (χ4n) is 5.68. The lowest BCUT2D eigenvalue weighted by atomic mass is 9.67. The molecule has 5 nitrogen and oxygen atoms in total. The summed E-state index contributed by atoms with van der Waals surface area (Å²) < 4.78 is 5.95. The van der Waals surface area contributed by atoms with Crippen LogP contribution in [0.4, 0.5) is 0 Å². The van der Waals surface area contributed by atoms with E-state index >= 15 is 0 Å². The number of fused-ring (bicyclic) bond motifs is 1. The molecule has 0 unspecified atom stereocenters. The second kappa shape index (κ2) is 9.42. The molecule has 2 fully saturated rings. The lowest BCUT2D eigenvalue weighted by Crippen LogP contribution is -2.41. The van der Waals surface area contributed by atoms with E-state index in [1.165, 1.54) is 6.42 Å². The van der Waals surface area contributed by atoms with Gasteiger partial charge in [-0.3, -0.25) is 14.8 Å². The van der Waals surface area contributed by atoms with Crippen molar-refractivity contribution in [2.75, 3.05) is 0 Å². The molecule has 1 aromatic carbocycles. The lowest BCUT2D eigenvalue weighted by molar-refractivity contribution is -0.146. The van der Waals surface area contributed by atoms with Crippen molar-refractivity contribution in [3.8, 4) is 0 Å². The molecule has 33 heavy (non-hydrogen) atoms. The van der Waals surface area contributed by atoms with E-state index in [-0.39, 0.29) is 23.8 Å². The van der Waals surface area contributed by atoms with Gasteiger partial charge in [-0.15, -0.1) is 0 Å². The van der Waals surface area contributed by atoms with E-state index < -0.39 is 11.8 Å². The van der Waals surface area contributed by atoms with Crippen LogP contribution in [-0.2, 0) is 14.3 Å². The Labute approximate surface area is 195 Å². The summed E-state index contributed by atoms with van der Waals surface area (Å²) in [6, 6.07) is 15.8. The molecule has 0 radical (unpaired) electrons. The van der Waals surface area contributed by atoms with E-state index in [4.69, 9.17) is 9.73 Å². The van der Waals surface area contributed by atoms with Crippen LogP contribution in [0.25, 0.3) is 0 Å². The van der Waals surface area contributed by atoms with E-state index in [0.29, 0.717) is 24.1 Å². The summed E-state index contributed by atoms with van der Waals surface area (Å²) in [5.74, 6) is -1.01. The number of aliphatic imine (C=N–C) groups is 1. The predicted molar refractivity (Wildman–Crippen MR) is 127 cm³/mol. The van der Waals surface area contributed by atoms with Crippen molar-refractivity contribution < 1.29 is 14.3 Å². The molecule has 2 aliphatic carbocycles. The second-order valence-electron chi connectivity index (χ2n) is 9.46. The van der Waals surface area contributed by atoms with Crippen LogP contribution >= 0.6 is 0 Å². The molecule has 2 heterocycles. The number of allylic oxidation sites excluding steroid dienone is 1. The maximum absolute atomic E-state index is 13.6. The zero-order valence-corrected chi connectivity index (χ0v) is 19.1. The SMILES string of the molecule is CC1=C(C(=O)OC2CCCCC2)[C@@H](c2ccccn2)[C@@H]2C(=O)C[C@@H](c3ccccc3)CC2=N1. The van der Waals surface area contributed by atoms with Crippen molar-refractivity contribution >= 4 is 17.5 Å². The third kappa shape index (κ3) is 4.41. The fourth-order valence-corrected chi connectivity index (χ4v) is 5.68. The number of Topliss-reactive ketones (excluding diaryl/α,β-unsaturated/α-hetero) is 1. The first-order valence-corrected chi connectivity index (χ1v) is 12.1. The van der Waals surface area contributed by atoms with Crippen LogP contribution in [-0.4, -0.2) is 28.6 Å². The fraction of sp³-hybridized carbons (Fsp3) is 0.429. The van der Waals surface area contributed by atoms with Crippen LogP contribution in [0.15, 0.2) is 71.0 Å². The molecule has 3 atom stereocenters. The largest absolute Gasteiger partial charge is 0.459 e. The van der Waals surface area contributed by atoms with Gasteiger partial charge in [0.1, 0.15) is 11.9 Å². The number of hydrogen-bond acceptors (Lipinski definition) is 5. The van der Waals surface area contributed by atoms with Gasteiger partial charge in [-0.25, -0.2) is 4.79 Å².